The summed E-state index contributed by atoms with van der Waals surface area (Å²) in [4.78, 5) is 35.4. The van der Waals surface area contributed by atoms with Crippen LogP contribution in [0.2, 0.25) is 0 Å². The zero-order valence-electron chi connectivity index (χ0n) is 14.0. The standard InChI is InChI=1S/C19H16BrN3O3/c1-12(24)21-14-3-5-15(6-4-14)22-19(26)11-23-9-8-18(25)16-7-2-13(20)10-17(16)23/h2-10H,11H2,1H3,(H,21,24)(H,22,26). The summed E-state index contributed by atoms with van der Waals surface area (Å²) in [5.41, 5.74) is 1.88. The van der Waals surface area contributed by atoms with Crippen LogP contribution in [0.3, 0.4) is 0 Å². The fraction of sp³-hybridized carbons (Fsp3) is 0.105. The zero-order chi connectivity index (χ0) is 18.7. The van der Waals surface area contributed by atoms with Crippen molar-refractivity contribution in [1.29, 1.82) is 0 Å². The number of benzene rings is 2. The van der Waals surface area contributed by atoms with Crippen molar-refractivity contribution in [2.24, 2.45) is 0 Å². The maximum Gasteiger partial charge on any atom is 0.244 e. The molecule has 0 saturated heterocycles. The number of hydrogen-bond acceptors (Lipinski definition) is 3. The molecule has 0 atom stereocenters. The van der Waals surface area contributed by atoms with Gasteiger partial charge in [-0.15, -0.1) is 0 Å². The largest absolute Gasteiger partial charge is 0.338 e. The zero-order valence-corrected chi connectivity index (χ0v) is 15.5. The van der Waals surface area contributed by atoms with Crippen LogP contribution >= 0.6 is 15.9 Å². The molecule has 0 aliphatic heterocycles. The molecule has 2 amide bonds. The molecule has 1 aromatic heterocycles. The van der Waals surface area contributed by atoms with Crippen molar-refractivity contribution in [2.45, 2.75) is 13.5 Å². The van der Waals surface area contributed by atoms with Gasteiger partial charge in [0.15, 0.2) is 5.43 Å². The first kappa shape index (κ1) is 17.9. The molecule has 0 radical (unpaired) electrons. The molecule has 0 spiro atoms. The Morgan fingerprint density at radius 2 is 1.65 bits per heavy atom. The minimum atomic E-state index is -0.220. The molecule has 2 aromatic carbocycles. The van der Waals surface area contributed by atoms with Crippen LogP contribution in [-0.4, -0.2) is 16.4 Å². The van der Waals surface area contributed by atoms with Crippen LogP contribution in [0.25, 0.3) is 10.9 Å². The van der Waals surface area contributed by atoms with E-state index in [1.165, 1.54) is 13.0 Å². The lowest BCUT2D eigenvalue weighted by Gasteiger charge is -2.12. The Bertz CT molecular complexity index is 1040. The lowest BCUT2D eigenvalue weighted by atomic mass is 10.2. The number of pyridine rings is 1. The summed E-state index contributed by atoms with van der Waals surface area (Å²) in [6.07, 6.45) is 1.61. The van der Waals surface area contributed by atoms with E-state index in [4.69, 9.17) is 0 Å². The monoisotopic (exact) mass is 413 g/mol. The number of carbonyl (C=O) groups is 2. The number of halogens is 1. The number of hydrogen-bond donors (Lipinski definition) is 2. The van der Waals surface area contributed by atoms with E-state index in [-0.39, 0.29) is 23.8 Å². The van der Waals surface area contributed by atoms with E-state index < -0.39 is 0 Å². The fourth-order valence-electron chi connectivity index (χ4n) is 2.61. The lowest BCUT2D eigenvalue weighted by Crippen LogP contribution is -2.20. The van der Waals surface area contributed by atoms with Gasteiger partial charge in [-0.3, -0.25) is 14.4 Å². The van der Waals surface area contributed by atoms with Gasteiger partial charge in [0.25, 0.3) is 0 Å². The van der Waals surface area contributed by atoms with Crippen molar-refractivity contribution in [2.75, 3.05) is 10.6 Å². The van der Waals surface area contributed by atoms with Crippen molar-refractivity contribution in [3.8, 4) is 0 Å². The van der Waals surface area contributed by atoms with Crippen molar-refractivity contribution in [1.82, 2.24) is 4.57 Å². The summed E-state index contributed by atoms with van der Waals surface area (Å²) in [5.74, 6) is -0.375. The van der Waals surface area contributed by atoms with Crippen molar-refractivity contribution < 1.29 is 9.59 Å². The Balaban J connectivity index is 1.77. The number of anilines is 2. The summed E-state index contributed by atoms with van der Waals surface area (Å²) in [7, 11) is 0. The van der Waals surface area contributed by atoms with Crippen LogP contribution in [0.1, 0.15) is 6.92 Å². The lowest BCUT2D eigenvalue weighted by molar-refractivity contribution is -0.116. The SMILES string of the molecule is CC(=O)Nc1ccc(NC(=O)Cn2ccc(=O)c3ccc(Br)cc32)cc1. The van der Waals surface area contributed by atoms with Gasteiger partial charge in [0.1, 0.15) is 6.54 Å². The van der Waals surface area contributed by atoms with E-state index in [1.807, 2.05) is 6.07 Å². The molecule has 0 unspecified atom stereocenters. The number of fused-ring (bicyclic) bond motifs is 1. The summed E-state index contributed by atoms with van der Waals surface area (Å²) in [6, 6.07) is 13.6. The van der Waals surface area contributed by atoms with E-state index in [2.05, 4.69) is 26.6 Å². The van der Waals surface area contributed by atoms with Gasteiger partial charge < -0.3 is 15.2 Å². The second kappa shape index (κ2) is 7.53. The van der Waals surface area contributed by atoms with Crippen molar-refractivity contribution in [3.63, 3.8) is 0 Å². The average molecular weight is 414 g/mol. The molecular formula is C19H16BrN3O3. The van der Waals surface area contributed by atoms with E-state index >= 15 is 0 Å². The molecule has 0 bridgehead atoms. The normalized spacial score (nSPS) is 10.5. The fourth-order valence-corrected chi connectivity index (χ4v) is 2.96. The Morgan fingerprint density at radius 1 is 1.00 bits per heavy atom. The van der Waals surface area contributed by atoms with E-state index in [0.717, 1.165) is 4.47 Å². The third-order valence-electron chi connectivity index (χ3n) is 3.74. The van der Waals surface area contributed by atoms with Crippen LogP contribution in [0, 0.1) is 0 Å². The maximum atomic E-state index is 12.4. The molecule has 2 N–H and O–H groups in total. The van der Waals surface area contributed by atoms with E-state index in [0.29, 0.717) is 22.3 Å². The van der Waals surface area contributed by atoms with Gasteiger partial charge in [-0.2, -0.15) is 0 Å². The van der Waals surface area contributed by atoms with Crippen LogP contribution in [0.15, 0.2) is 64.0 Å². The minimum absolute atomic E-state index is 0.0701. The summed E-state index contributed by atoms with van der Waals surface area (Å²) in [6.45, 7) is 1.50. The molecule has 0 fully saturated rings. The van der Waals surface area contributed by atoms with Gasteiger partial charge in [0.05, 0.1) is 5.52 Å². The van der Waals surface area contributed by atoms with Crippen LogP contribution in [-0.2, 0) is 16.1 Å². The second-order valence-corrected chi connectivity index (χ2v) is 6.69. The van der Waals surface area contributed by atoms with Crippen LogP contribution < -0.4 is 16.1 Å². The molecule has 0 aliphatic rings. The third kappa shape index (κ3) is 4.18. The van der Waals surface area contributed by atoms with Gasteiger partial charge in [-0.1, -0.05) is 15.9 Å². The quantitative estimate of drug-likeness (QED) is 0.687. The molecule has 0 aliphatic carbocycles. The predicted octanol–water partition coefficient (Wildman–Crippen LogP) is 3.36. The molecule has 6 nitrogen and oxygen atoms in total. The number of carbonyl (C=O) groups excluding carboxylic acids is 2. The molecule has 3 rings (SSSR count). The number of rotatable bonds is 4. The summed E-state index contributed by atoms with van der Waals surface area (Å²) in [5, 5.41) is 6.03. The number of nitrogens with zero attached hydrogens (tertiary/aromatic N) is 1. The summed E-state index contributed by atoms with van der Waals surface area (Å²) < 4.78 is 2.56. The first-order valence-electron chi connectivity index (χ1n) is 7.88. The van der Waals surface area contributed by atoms with Crippen molar-refractivity contribution in [3.05, 3.63) is 69.4 Å². The molecule has 132 valence electrons. The van der Waals surface area contributed by atoms with Gasteiger partial charge in [0, 0.05) is 40.4 Å². The first-order valence-corrected chi connectivity index (χ1v) is 8.68. The minimum Gasteiger partial charge on any atom is -0.338 e. The van der Waals surface area contributed by atoms with E-state index in [1.54, 1.807) is 47.2 Å². The summed E-state index contributed by atoms with van der Waals surface area (Å²) >= 11 is 3.39. The molecular weight excluding hydrogens is 398 g/mol. The van der Waals surface area contributed by atoms with Gasteiger partial charge in [-0.25, -0.2) is 0 Å². The highest BCUT2D eigenvalue weighted by Gasteiger charge is 2.08. The highest BCUT2D eigenvalue weighted by atomic mass is 79.9. The van der Waals surface area contributed by atoms with Crippen molar-refractivity contribution >= 4 is 50.0 Å². The van der Waals surface area contributed by atoms with Crippen LogP contribution in [0.4, 0.5) is 11.4 Å². The Kier molecular flexibility index (Phi) is 5.18. The Labute approximate surface area is 158 Å². The molecule has 3 aromatic rings. The first-order chi connectivity index (χ1) is 12.4. The smallest absolute Gasteiger partial charge is 0.244 e. The van der Waals surface area contributed by atoms with Gasteiger partial charge >= 0.3 is 0 Å². The van der Waals surface area contributed by atoms with Crippen LogP contribution in [0.5, 0.6) is 0 Å². The molecule has 7 heteroatoms. The molecule has 26 heavy (non-hydrogen) atoms. The topological polar surface area (TPSA) is 80.2 Å². The number of amides is 2. The Hall–Kier alpha value is -2.93. The second-order valence-electron chi connectivity index (χ2n) is 5.78. The highest BCUT2D eigenvalue weighted by molar-refractivity contribution is 9.10. The maximum absolute atomic E-state index is 12.4. The highest BCUT2D eigenvalue weighted by Crippen LogP contribution is 2.18. The Morgan fingerprint density at radius 3 is 2.31 bits per heavy atom. The molecule has 0 saturated carbocycles. The van der Waals surface area contributed by atoms with Gasteiger partial charge in [-0.05, 0) is 42.5 Å². The number of nitrogens with one attached hydrogen (secondary N) is 2. The van der Waals surface area contributed by atoms with E-state index in [9.17, 15) is 14.4 Å². The molecule has 1 heterocycles. The average Bonchev–Trinajstić information content (AvgIpc) is 2.59. The number of aromatic nitrogens is 1. The third-order valence-corrected chi connectivity index (χ3v) is 4.24. The van der Waals surface area contributed by atoms with Gasteiger partial charge in [0.2, 0.25) is 11.8 Å². The predicted molar refractivity (Wildman–Crippen MR) is 105 cm³/mol.